The average Bonchev–Trinajstić information content (AvgIpc) is 2.77. The smallest absolute Gasteiger partial charge is 0.0346 e. The minimum Gasteiger partial charge on any atom is -0.264 e. The van der Waals surface area contributed by atoms with Crippen molar-refractivity contribution in [1.82, 2.24) is 9.97 Å². The van der Waals surface area contributed by atoms with Crippen LogP contribution in [-0.4, -0.2) is 9.97 Å². The Labute approximate surface area is 181 Å². The Morgan fingerprint density at radius 1 is 0.481 bits per heavy atom. The third kappa shape index (κ3) is 8.30. The van der Waals surface area contributed by atoms with Crippen molar-refractivity contribution in [2.75, 3.05) is 0 Å². The van der Waals surface area contributed by atoms with Crippen molar-refractivity contribution in [3.05, 3.63) is 110 Å². The van der Waals surface area contributed by atoms with Gasteiger partial charge in [-0.3, -0.25) is 9.97 Å². The first-order chi connectivity index (χ1) is 13.3. The standard InChI is InChI=1S/2C11H9N.2BrH.Pt/c2*1-2-5-10(6-3-1)11-7-4-8-12-9-11;;;/h2*1-9H;2*1H;/q;;;;+2/p-2. The predicted octanol–water partition coefficient (Wildman–Crippen LogP) is 7.19. The molecule has 0 N–H and O–H groups in total. The molecule has 2 nitrogen and oxygen atoms in total. The van der Waals surface area contributed by atoms with Crippen molar-refractivity contribution in [3.8, 4) is 22.3 Å². The molecule has 0 aliphatic carbocycles. The van der Waals surface area contributed by atoms with Gasteiger partial charge in [-0.05, 0) is 34.4 Å². The molecule has 0 fully saturated rings. The molecule has 0 aliphatic heterocycles. The Bertz CT molecular complexity index is 711. The van der Waals surface area contributed by atoms with Gasteiger partial charge in [-0.2, -0.15) is 0 Å². The van der Waals surface area contributed by atoms with Crippen LogP contribution in [0.5, 0.6) is 0 Å². The van der Waals surface area contributed by atoms with Gasteiger partial charge in [0, 0.05) is 24.8 Å². The van der Waals surface area contributed by atoms with E-state index in [4.69, 9.17) is 0 Å². The Kier molecular flexibility index (Phi) is 10.9. The van der Waals surface area contributed by atoms with Crippen LogP contribution in [0.4, 0.5) is 0 Å². The van der Waals surface area contributed by atoms with Crippen molar-refractivity contribution in [2.45, 2.75) is 0 Å². The molecule has 0 amide bonds. The van der Waals surface area contributed by atoms with Crippen LogP contribution >= 0.6 is 26.6 Å². The number of hydrogen-bond donors (Lipinski definition) is 0. The largest absolute Gasteiger partial charge is 0.264 e. The second kappa shape index (κ2) is 13.5. The second-order valence-electron chi connectivity index (χ2n) is 5.26. The van der Waals surface area contributed by atoms with E-state index in [9.17, 15) is 0 Å². The zero-order valence-corrected chi connectivity index (χ0v) is 19.8. The predicted molar refractivity (Wildman–Crippen MR) is 117 cm³/mol. The van der Waals surface area contributed by atoms with Gasteiger partial charge < -0.3 is 0 Å². The Morgan fingerprint density at radius 2 is 0.815 bits per heavy atom. The van der Waals surface area contributed by atoms with E-state index in [1.807, 2.05) is 60.9 Å². The average molecular weight is 665 g/mol. The zero-order chi connectivity index (χ0) is 19.2. The van der Waals surface area contributed by atoms with E-state index in [1.165, 1.54) is 11.1 Å². The minimum atomic E-state index is 0.208. The molecule has 0 saturated heterocycles. The van der Waals surface area contributed by atoms with E-state index >= 15 is 0 Å². The monoisotopic (exact) mass is 663 g/mol. The van der Waals surface area contributed by atoms with Gasteiger partial charge in [0.2, 0.25) is 0 Å². The normalized spacial score (nSPS) is 9.41. The summed E-state index contributed by atoms with van der Waals surface area (Å²) >= 11 is 6.56. The molecular formula is C22H18Br2N2Pt. The molecule has 0 unspecified atom stereocenters. The molecule has 2 aromatic carbocycles. The van der Waals surface area contributed by atoms with Crippen molar-refractivity contribution in [2.24, 2.45) is 0 Å². The van der Waals surface area contributed by atoms with E-state index in [0.717, 1.165) is 11.1 Å². The zero-order valence-electron chi connectivity index (χ0n) is 14.4. The van der Waals surface area contributed by atoms with Crippen LogP contribution in [0.25, 0.3) is 22.3 Å². The molecule has 2 aromatic heterocycles. The van der Waals surface area contributed by atoms with Crippen LogP contribution < -0.4 is 0 Å². The van der Waals surface area contributed by atoms with Crippen LogP contribution in [0.2, 0.25) is 0 Å². The Hall–Kier alpha value is -1.61. The molecule has 0 atom stereocenters. The summed E-state index contributed by atoms with van der Waals surface area (Å²) in [6.07, 6.45) is 7.31. The van der Waals surface area contributed by atoms with E-state index in [0.29, 0.717) is 0 Å². The first-order valence-electron chi connectivity index (χ1n) is 8.08. The molecule has 140 valence electrons. The molecule has 0 radical (unpaired) electrons. The fourth-order valence-corrected chi connectivity index (χ4v) is 2.33. The molecule has 4 aromatic rings. The molecule has 0 aliphatic rings. The number of nitrogens with zero attached hydrogens (tertiary/aromatic N) is 2. The molecule has 0 saturated carbocycles. The van der Waals surface area contributed by atoms with Crippen LogP contribution in [0, 0.1) is 0 Å². The van der Waals surface area contributed by atoms with Gasteiger partial charge in [0.05, 0.1) is 0 Å². The number of pyridine rings is 2. The fourth-order valence-electron chi connectivity index (χ4n) is 2.33. The topological polar surface area (TPSA) is 25.8 Å². The molecule has 27 heavy (non-hydrogen) atoms. The number of aromatic nitrogens is 2. The maximum absolute atomic E-state index is 4.06. The van der Waals surface area contributed by atoms with Crippen LogP contribution in [0.1, 0.15) is 0 Å². The third-order valence-corrected chi connectivity index (χ3v) is 3.54. The van der Waals surface area contributed by atoms with Gasteiger partial charge in [0.1, 0.15) is 0 Å². The summed E-state index contributed by atoms with van der Waals surface area (Å²) in [5.74, 6) is 0. The Balaban J connectivity index is 0.000000170. The second-order valence-corrected chi connectivity index (χ2v) is 15.2. The summed E-state index contributed by atoms with van der Waals surface area (Å²) < 4.78 is 0. The molecule has 2 heterocycles. The first kappa shape index (κ1) is 21.7. The summed E-state index contributed by atoms with van der Waals surface area (Å²) in [4.78, 5) is 8.12. The molecule has 0 bridgehead atoms. The molecule has 0 spiro atoms. The molecular weight excluding hydrogens is 647 g/mol. The van der Waals surface area contributed by atoms with E-state index < -0.39 is 0 Å². The van der Waals surface area contributed by atoms with Gasteiger partial charge in [-0.25, -0.2) is 0 Å². The van der Waals surface area contributed by atoms with Crippen molar-refractivity contribution < 1.29 is 14.5 Å². The summed E-state index contributed by atoms with van der Waals surface area (Å²) in [6, 6.07) is 28.5. The Morgan fingerprint density at radius 3 is 1.11 bits per heavy atom. The van der Waals surface area contributed by atoms with Gasteiger partial charge >= 0.3 is 41.0 Å². The summed E-state index contributed by atoms with van der Waals surface area (Å²) in [7, 11) is 0. The van der Waals surface area contributed by atoms with Gasteiger partial charge in [0.25, 0.3) is 0 Å². The number of hydrogen-bond acceptors (Lipinski definition) is 2. The first-order valence-corrected chi connectivity index (χ1v) is 18.0. The molecule has 4 rings (SSSR count). The van der Waals surface area contributed by atoms with Crippen molar-refractivity contribution >= 4 is 26.6 Å². The maximum atomic E-state index is 4.06. The summed E-state index contributed by atoms with van der Waals surface area (Å²) in [5.41, 5.74) is 4.76. The van der Waals surface area contributed by atoms with Gasteiger partial charge in [0.15, 0.2) is 0 Å². The maximum Gasteiger partial charge on any atom is 0.0346 e. The van der Waals surface area contributed by atoms with Crippen LogP contribution in [0.3, 0.4) is 0 Å². The number of halogens is 2. The van der Waals surface area contributed by atoms with Crippen LogP contribution in [0.15, 0.2) is 110 Å². The SMILES string of the molecule is [Br][Pt][Br].c1ccc(-c2cccnc2)cc1.c1ccc(-c2cccnc2)cc1. The quantitative estimate of drug-likeness (QED) is 0.227. The van der Waals surface area contributed by atoms with E-state index in [2.05, 4.69) is 73.0 Å². The van der Waals surface area contributed by atoms with Crippen LogP contribution in [-0.2, 0) is 14.5 Å². The van der Waals surface area contributed by atoms with Crippen molar-refractivity contribution in [3.63, 3.8) is 0 Å². The number of rotatable bonds is 2. The summed E-state index contributed by atoms with van der Waals surface area (Å²) in [6.45, 7) is 0. The van der Waals surface area contributed by atoms with E-state index in [-0.39, 0.29) is 14.5 Å². The third-order valence-electron chi connectivity index (χ3n) is 3.54. The summed E-state index contributed by atoms with van der Waals surface area (Å²) in [5, 5.41) is 0. The molecule has 5 heteroatoms. The van der Waals surface area contributed by atoms with Crippen molar-refractivity contribution in [1.29, 1.82) is 0 Å². The number of benzene rings is 2. The fraction of sp³-hybridized carbons (Fsp3) is 0. The van der Waals surface area contributed by atoms with Gasteiger partial charge in [-0.15, -0.1) is 0 Å². The minimum absolute atomic E-state index is 0.208. The van der Waals surface area contributed by atoms with Gasteiger partial charge in [-0.1, -0.05) is 72.8 Å². The van der Waals surface area contributed by atoms with E-state index in [1.54, 1.807) is 12.4 Å².